The van der Waals surface area contributed by atoms with Crippen LogP contribution in [0.15, 0.2) is 42.5 Å². The van der Waals surface area contributed by atoms with E-state index in [9.17, 15) is 4.79 Å². The second-order valence-electron chi connectivity index (χ2n) is 7.04. The number of carbonyl (C=O) groups excluding carboxylic acids is 1. The number of amides is 1. The Morgan fingerprint density at radius 2 is 1.77 bits per heavy atom. The molecule has 0 aliphatic rings. The molecule has 0 radical (unpaired) electrons. The summed E-state index contributed by atoms with van der Waals surface area (Å²) < 4.78 is 0. The van der Waals surface area contributed by atoms with Crippen molar-refractivity contribution >= 4 is 16.7 Å². The molecule has 1 amide bonds. The van der Waals surface area contributed by atoms with Crippen molar-refractivity contribution in [2.45, 2.75) is 20.3 Å². The minimum atomic E-state index is 0.0720. The Morgan fingerprint density at radius 3 is 2.45 bits per heavy atom. The van der Waals surface area contributed by atoms with Crippen molar-refractivity contribution in [3.63, 3.8) is 0 Å². The zero-order valence-electron chi connectivity index (χ0n) is 14.0. The molecule has 0 unspecified atom stereocenters. The molecule has 2 aromatic carbocycles. The molecule has 2 rings (SSSR count). The van der Waals surface area contributed by atoms with E-state index < -0.39 is 0 Å². The van der Waals surface area contributed by atoms with E-state index in [-0.39, 0.29) is 11.3 Å². The van der Waals surface area contributed by atoms with E-state index in [0.717, 1.165) is 12.1 Å². The topological polar surface area (TPSA) is 32.3 Å². The molecule has 0 spiro atoms. The summed E-state index contributed by atoms with van der Waals surface area (Å²) in [7, 11) is 4.11. The fourth-order valence-corrected chi connectivity index (χ4v) is 2.85. The minimum Gasteiger partial charge on any atom is -0.355 e. The highest BCUT2D eigenvalue weighted by Gasteiger charge is 2.19. The molecule has 0 atom stereocenters. The van der Waals surface area contributed by atoms with Gasteiger partial charge in [-0.1, -0.05) is 56.3 Å². The van der Waals surface area contributed by atoms with Gasteiger partial charge in [0.1, 0.15) is 0 Å². The smallest absolute Gasteiger partial charge is 0.224 e. The van der Waals surface area contributed by atoms with Crippen LogP contribution in [0, 0.1) is 5.41 Å². The molecular weight excluding hydrogens is 272 g/mol. The molecule has 0 heterocycles. The van der Waals surface area contributed by atoms with Crippen molar-refractivity contribution in [3.05, 3.63) is 48.0 Å². The molecule has 0 fully saturated rings. The van der Waals surface area contributed by atoms with Gasteiger partial charge < -0.3 is 10.2 Å². The number of carbonyl (C=O) groups is 1. The first-order valence-electron chi connectivity index (χ1n) is 7.75. The Morgan fingerprint density at radius 1 is 1.09 bits per heavy atom. The summed E-state index contributed by atoms with van der Waals surface area (Å²) in [5, 5.41) is 5.45. The molecule has 3 nitrogen and oxygen atoms in total. The zero-order valence-corrected chi connectivity index (χ0v) is 14.0. The van der Waals surface area contributed by atoms with E-state index in [0.29, 0.717) is 13.0 Å². The van der Waals surface area contributed by atoms with Crippen LogP contribution in [0.25, 0.3) is 10.8 Å². The molecule has 0 saturated carbocycles. The van der Waals surface area contributed by atoms with Gasteiger partial charge >= 0.3 is 0 Å². The molecule has 22 heavy (non-hydrogen) atoms. The van der Waals surface area contributed by atoms with Crippen LogP contribution in [0.5, 0.6) is 0 Å². The SMILES string of the molecule is CN(C)CC(C)(C)CNC(=O)Cc1ccc2ccccc2c1. The monoisotopic (exact) mass is 298 g/mol. The highest BCUT2D eigenvalue weighted by atomic mass is 16.1. The second kappa shape index (κ2) is 6.93. The Kier molecular flexibility index (Phi) is 5.19. The summed E-state index contributed by atoms with van der Waals surface area (Å²) >= 11 is 0. The van der Waals surface area contributed by atoms with E-state index in [1.165, 1.54) is 10.8 Å². The van der Waals surface area contributed by atoms with E-state index >= 15 is 0 Å². The highest BCUT2D eigenvalue weighted by Crippen LogP contribution is 2.17. The summed E-state index contributed by atoms with van der Waals surface area (Å²) in [5.74, 6) is 0.0853. The summed E-state index contributed by atoms with van der Waals surface area (Å²) in [6.07, 6.45) is 0.433. The van der Waals surface area contributed by atoms with Crippen LogP contribution in [0.3, 0.4) is 0 Å². The average Bonchev–Trinajstić information content (AvgIpc) is 2.44. The Hall–Kier alpha value is -1.87. The van der Waals surface area contributed by atoms with Crippen LogP contribution in [0.4, 0.5) is 0 Å². The van der Waals surface area contributed by atoms with Crippen LogP contribution in [-0.2, 0) is 11.2 Å². The molecular formula is C19H26N2O. The number of hydrogen-bond acceptors (Lipinski definition) is 2. The summed E-state index contributed by atoms with van der Waals surface area (Å²) in [6, 6.07) is 14.4. The molecule has 0 aliphatic heterocycles. The van der Waals surface area contributed by atoms with Gasteiger partial charge in [0.2, 0.25) is 5.91 Å². The maximum absolute atomic E-state index is 12.2. The summed E-state index contributed by atoms with van der Waals surface area (Å²) in [4.78, 5) is 14.3. The largest absolute Gasteiger partial charge is 0.355 e. The maximum atomic E-state index is 12.2. The van der Waals surface area contributed by atoms with Gasteiger partial charge in [-0.25, -0.2) is 0 Å². The van der Waals surface area contributed by atoms with Crippen LogP contribution < -0.4 is 5.32 Å². The lowest BCUT2D eigenvalue weighted by Gasteiger charge is -2.28. The van der Waals surface area contributed by atoms with E-state index in [2.05, 4.69) is 62.4 Å². The number of rotatable bonds is 6. The summed E-state index contributed by atoms with van der Waals surface area (Å²) in [6.45, 7) is 5.98. The lowest BCUT2D eigenvalue weighted by molar-refractivity contribution is -0.120. The molecule has 1 N–H and O–H groups in total. The third-order valence-corrected chi connectivity index (χ3v) is 3.69. The first kappa shape index (κ1) is 16.5. The van der Waals surface area contributed by atoms with E-state index in [4.69, 9.17) is 0 Å². The predicted molar refractivity (Wildman–Crippen MR) is 93.0 cm³/mol. The molecule has 0 saturated heterocycles. The second-order valence-corrected chi connectivity index (χ2v) is 7.04. The van der Waals surface area contributed by atoms with Gasteiger partial charge in [0, 0.05) is 13.1 Å². The number of nitrogens with one attached hydrogen (secondary N) is 1. The highest BCUT2D eigenvalue weighted by molar-refractivity contribution is 5.85. The Labute approximate surface area is 133 Å². The zero-order chi connectivity index (χ0) is 16.2. The average molecular weight is 298 g/mol. The third kappa shape index (κ3) is 4.85. The fourth-order valence-electron chi connectivity index (χ4n) is 2.85. The van der Waals surface area contributed by atoms with Crippen molar-refractivity contribution in [1.29, 1.82) is 0 Å². The van der Waals surface area contributed by atoms with Crippen molar-refractivity contribution < 1.29 is 4.79 Å². The standard InChI is InChI=1S/C19H26N2O/c1-19(2,14-21(3)4)13-20-18(22)12-15-9-10-16-7-5-6-8-17(16)11-15/h5-11H,12-14H2,1-4H3,(H,20,22). The Bertz CT molecular complexity index is 647. The van der Waals surface area contributed by atoms with Crippen molar-refractivity contribution in [1.82, 2.24) is 10.2 Å². The molecule has 0 aromatic heterocycles. The normalized spacial score (nSPS) is 11.9. The molecule has 2 aromatic rings. The number of benzene rings is 2. The van der Waals surface area contributed by atoms with Crippen molar-refractivity contribution in [2.24, 2.45) is 5.41 Å². The maximum Gasteiger partial charge on any atom is 0.224 e. The quantitative estimate of drug-likeness (QED) is 0.889. The van der Waals surface area contributed by atoms with Gasteiger partial charge in [0.25, 0.3) is 0 Å². The minimum absolute atomic E-state index is 0.0720. The van der Waals surface area contributed by atoms with Gasteiger partial charge in [-0.3, -0.25) is 4.79 Å². The van der Waals surface area contributed by atoms with Crippen LogP contribution in [0.1, 0.15) is 19.4 Å². The van der Waals surface area contributed by atoms with E-state index in [1.54, 1.807) is 0 Å². The lowest BCUT2D eigenvalue weighted by atomic mass is 9.93. The van der Waals surface area contributed by atoms with E-state index in [1.807, 2.05) is 18.2 Å². The summed E-state index contributed by atoms with van der Waals surface area (Å²) in [5.41, 5.74) is 1.13. The van der Waals surface area contributed by atoms with Gasteiger partial charge in [-0.15, -0.1) is 0 Å². The lowest BCUT2D eigenvalue weighted by Crippen LogP contribution is -2.40. The van der Waals surface area contributed by atoms with Gasteiger partial charge in [0.05, 0.1) is 6.42 Å². The predicted octanol–water partition coefficient (Wildman–Crippen LogP) is 3.09. The third-order valence-electron chi connectivity index (χ3n) is 3.69. The Balaban J connectivity index is 1.93. The van der Waals surface area contributed by atoms with Gasteiger partial charge in [-0.05, 0) is 35.8 Å². The molecule has 3 heteroatoms. The fraction of sp³-hybridized carbons (Fsp3) is 0.421. The van der Waals surface area contributed by atoms with Crippen molar-refractivity contribution in [3.8, 4) is 0 Å². The van der Waals surface area contributed by atoms with Gasteiger partial charge in [0.15, 0.2) is 0 Å². The molecule has 118 valence electrons. The van der Waals surface area contributed by atoms with Crippen molar-refractivity contribution in [2.75, 3.05) is 27.2 Å². The number of hydrogen-bond donors (Lipinski definition) is 1. The van der Waals surface area contributed by atoms with Gasteiger partial charge in [-0.2, -0.15) is 0 Å². The van der Waals surface area contributed by atoms with Crippen LogP contribution in [-0.4, -0.2) is 38.0 Å². The number of nitrogens with zero attached hydrogens (tertiary/aromatic N) is 1. The van der Waals surface area contributed by atoms with Crippen LogP contribution in [0.2, 0.25) is 0 Å². The molecule has 0 aliphatic carbocycles. The first-order valence-corrected chi connectivity index (χ1v) is 7.75. The molecule has 0 bridgehead atoms. The first-order chi connectivity index (χ1) is 10.4. The van der Waals surface area contributed by atoms with Crippen LogP contribution >= 0.6 is 0 Å². The number of fused-ring (bicyclic) bond motifs is 1.